The summed E-state index contributed by atoms with van der Waals surface area (Å²) in [7, 11) is 1.57. The van der Waals surface area contributed by atoms with Gasteiger partial charge in [0, 0.05) is 6.04 Å². The summed E-state index contributed by atoms with van der Waals surface area (Å²) in [5, 5.41) is 8.39. The first kappa shape index (κ1) is 16.5. The maximum absolute atomic E-state index is 12.1. The Hall–Kier alpha value is -1.89. The van der Waals surface area contributed by atoms with Crippen molar-refractivity contribution in [2.75, 3.05) is 18.2 Å². The van der Waals surface area contributed by atoms with Crippen LogP contribution in [0, 0.1) is 6.92 Å². The molecule has 0 aromatic heterocycles. The van der Waals surface area contributed by atoms with Gasteiger partial charge in [0.1, 0.15) is 5.75 Å². The summed E-state index contributed by atoms with van der Waals surface area (Å²) in [4.78, 5) is 23.5. The molecule has 3 amide bonds. The van der Waals surface area contributed by atoms with Crippen molar-refractivity contribution in [1.29, 1.82) is 0 Å². The molecule has 2 unspecified atom stereocenters. The minimum Gasteiger partial charge on any atom is -0.495 e. The summed E-state index contributed by atoms with van der Waals surface area (Å²) in [5.74, 6) is 0.788. The number of aryl methyl sites for hydroxylation is 1. The molecule has 0 saturated carbocycles. The zero-order valence-electron chi connectivity index (χ0n) is 12.9. The summed E-state index contributed by atoms with van der Waals surface area (Å²) in [6.07, 6.45) is 0.789. The van der Waals surface area contributed by atoms with E-state index in [9.17, 15) is 9.59 Å². The largest absolute Gasteiger partial charge is 0.495 e. The van der Waals surface area contributed by atoms with Gasteiger partial charge in [0.2, 0.25) is 5.91 Å². The molecule has 22 heavy (non-hydrogen) atoms. The lowest BCUT2D eigenvalue weighted by atomic mass is 10.2. The molecular weight excluding hydrogens is 302 g/mol. The van der Waals surface area contributed by atoms with Crippen molar-refractivity contribution in [2.24, 2.45) is 0 Å². The molecule has 1 saturated heterocycles. The van der Waals surface area contributed by atoms with E-state index in [1.165, 1.54) is 11.8 Å². The smallest absolute Gasteiger partial charge is 0.315 e. The van der Waals surface area contributed by atoms with Crippen LogP contribution in [0.2, 0.25) is 0 Å². The van der Waals surface area contributed by atoms with Gasteiger partial charge in [-0.25, -0.2) is 4.79 Å². The Kier molecular flexibility index (Phi) is 5.54. The standard InChI is InChI=1S/C15H21N3O3S/c1-9-4-5-12(21-3)11(6-9)17-13(19)8-22-14-7-10(2)16-15(20)18-14/h4-6,10,14H,7-8H2,1-3H3,(H,17,19)(H2,16,18,20). The molecule has 1 aliphatic heterocycles. The van der Waals surface area contributed by atoms with Gasteiger partial charge in [0.25, 0.3) is 0 Å². The fourth-order valence-electron chi connectivity index (χ4n) is 2.24. The van der Waals surface area contributed by atoms with Crippen molar-refractivity contribution in [3.05, 3.63) is 23.8 Å². The molecule has 0 aliphatic carbocycles. The van der Waals surface area contributed by atoms with E-state index < -0.39 is 0 Å². The highest BCUT2D eigenvalue weighted by atomic mass is 32.2. The summed E-state index contributed by atoms with van der Waals surface area (Å²) in [5.41, 5.74) is 1.71. The molecule has 3 N–H and O–H groups in total. The fraction of sp³-hybridized carbons (Fsp3) is 0.467. The Morgan fingerprint density at radius 1 is 1.45 bits per heavy atom. The number of urea groups is 1. The molecule has 2 rings (SSSR count). The maximum atomic E-state index is 12.1. The van der Waals surface area contributed by atoms with E-state index in [1.54, 1.807) is 7.11 Å². The monoisotopic (exact) mass is 323 g/mol. The van der Waals surface area contributed by atoms with E-state index in [0.29, 0.717) is 11.4 Å². The number of anilines is 1. The predicted octanol–water partition coefficient (Wildman–Crippen LogP) is 2.09. The van der Waals surface area contributed by atoms with E-state index in [-0.39, 0.29) is 29.1 Å². The third-order valence-electron chi connectivity index (χ3n) is 3.28. The van der Waals surface area contributed by atoms with E-state index in [4.69, 9.17) is 4.74 Å². The molecule has 1 fully saturated rings. The van der Waals surface area contributed by atoms with Gasteiger partial charge in [-0.05, 0) is 38.0 Å². The molecule has 1 aromatic carbocycles. The molecule has 1 aromatic rings. The molecule has 0 radical (unpaired) electrons. The zero-order valence-corrected chi connectivity index (χ0v) is 13.8. The summed E-state index contributed by atoms with van der Waals surface area (Å²) in [6.45, 7) is 3.90. The van der Waals surface area contributed by atoms with Crippen LogP contribution in [0.15, 0.2) is 18.2 Å². The number of ether oxygens (including phenoxy) is 1. The van der Waals surface area contributed by atoms with Gasteiger partial charge in [-0.15, -0.1) is 11.8 Å². The second-order valence-electron chi connectivity index (χ2n) is 5.31. The maximum Gasteiger partial charge on any atom is 0.315 e. The van der Waals surface area contributed by atoms with Crippen LogP contribution in [0.1, 0.15) is 18.9 Å². The molecule has 1 heterocycles. The number of amides is 3. The summed E-state index contributed by atoms with van der Waals surface area (Å²) >= 11 is 1.43. The number of thioether (sulfide) groups is 1. The normalized spacial score (nSPS) is 20.8. The minimum atomic E-state index is -0.183. The van der Waals surface area contributed by atoms with Crippen molar-refractivity contribution in [1.82, 2.24) is 10.6 Å². The SMILES string of the molecule is COc1ccc(C)cc1NC(=O)CSC1CC(C)NC(=O)N1. The van der Waals surface area contributed by atoms with E-state index in [1.807, 2.05) is 32.0 Å². The molecular formula is C15H21N3O3S. The van der Waals surface area contributed by atoms with Crippen molar-refractivity contribution < 1.29 is 14.3 Å². The van der Waals surface area contributed by atoms with Gasteiger partial charge < -0.3 is 20.7 Å². The lowest BCUT2D eigenvalue weighted by molar-refractivity contribution is -0.113. The highest BCUT2D eigenvalue weighted by molar-refractivity contribution is 8.00. The van der Waals surface area contributed by atoms with Crippen molar-refractivity contribution in [2.45, 2.75) is 31.7 Å². The first-order chi connectivity index (χ1) is 10.5. The number of hydrogen-bond acceptors (Lipinski definition) is 4. The molecule has 1 aliphatic rings. The van der Waals surface area contributed by atoms with Crippen LogP contribution in [-0.2, 0) is 4.79 Å². The number of methoxy groups -OCH3 is 1. The Bertz CT molecular complexity index is 565. The average Bonchev–Trinajstić information content (AvgIpc) is 2.44. The summed E-state index contributed by atoms with van der Waals surface area (Å²) in [6, 6.07) is 5.56. The van der Waals surface area contributed by atoms with Crippen LogP contribution in [-0.4, -0.2) is 36.2 Å². The van der Waals surface area contributed by atoms with Gasteiger partial charge in [-0.1, -0.05) is 6.07 Å². The number of carbonyl (C=O) groups excluding carboxylic acids is 2. The molecule has 2 atom stereocenters. The highest BCUT2D eigenvalue weighted by Crippen LogP contribution is 2.25. The van der Waals surface area contributed by atoms with Crippen molar-refractivity contribution >= 4 is 29.4 Å². The molecule has 0 spiro atoms. The van der Waals surface area contributed by atoms with Gasteiger partial charge >= 0.3 is 6.03 Å². The lowest BCUT2D eigenvalue weighted by Crippen LogP contribution is -2.52. The summed E-state index contributed by atoms with van der Waals surface area (Å²) < 4.78 is 5.24. The molecule has 120 valence electrons. The predicted molar refractivity (Wildman–Crippen MR) is 88.4 cm³/mol. The van der Waals surface area contributed by atoms with Crippen molar-refractivity contribution in [3.63, 3.8) is 0 Å². The first-order valence-corrected chi connectivity index (χ1v) is 8.16. The van der Waals surface area contributed by atoms with Crippen LogP contribution in [0.3, 0.4) is 0 Å². The number of benzene rings is 1. The van der Waals surface area contributed by atoms with Crippen molar-refractivity contribution in [3.8, 4) is 5.75 Å². The molecule has 6 nitrogen and oxygen atoms in total. The second kappa shape index (κ2) is 7.40. The Labute approximate surface area is 134 Å². The Balaban J connectivity index is 1.88. The average molecular weight is 323 g/mol. The van der Waals surface area contributed by atoms with Crippen LogP contribution in [0.4, 0.5) is 10.5 Å². The van der Waals surface area contributed by atoms with Crippen LogP contribution >= 0.6 is 11.8 Å². The number of hydrogen-bond donors (Lipinski definition) is 3. The Morgan fingerprint density at radius 2 is 2.23 bits per heavy atom. The topological polar surface area (TPSA) is 79.5 Å². The first-order valence-electron chi connectivity index (χ1n) is 7.11. The van der Waals surface area contributed by atoms with E-state index in [2.05, 4.69) is 16.0 Å². The second-order valence-corrected chi connectivity index (χ2v) is 6.50. The van der Waals surface area contributed by atoms with Gasteiger partial charge in [0.15, 0.2) is 0 Å². The van der Waals surface area contributed by atoms with Gasteiger partial charge in [-0.3, -0.25) is 4.79 Å². The number of carbonyl (C=O) groups is 2. The van der Waals surface area contributed by atoms with Crippen LogP contribution < -0.4 is 20.7 Å². The fourth-order valence-corrected chi connectivity index (χ4v) is 3.28. The van der Waals surface area contributed by atoms with E-state index in [0.717, 1.165) is 12.0 Å². The highest BCUT2D eigenvalue weighted by Gasteiger charge is 2.23. The number of rotatable bonds is 5. The quantitative estimate of drug-likeness (QED) is 0.775. The third kappa shape index (κ3) is 4.56. The van der Waals surface area contributed by atoms with Gasteiger partial charge in [0.05, 0.1) is 23.9 Å². The minimum absolute atomic E-state index is 0.0473. The molecule has 0 bridgehead atoms. The van der Waals surface area contributed by atoms with Gasteiger partial charge in [-0.2, -0.15) is 0 Å². The van der Waals surface area contributed by atoms with Crippen LogP contribution in [0.5, 0.6) is 5.75 Å². The Morgan fingerprint density at radius 3 is 2.91 bits per heavy atom. The molecule has 7 heteroatoms. The van der Waals surface area contributed by atoms with Crippen LogP contribution in [0.25, 0.3) is 0 Å². The zero-order chi connectivity index (χ0) is 16.1. The lowest BCUT2D eigenvalue weighted by Gasteiger charge is -2.28. The third-order valence-corrected chi connectivity index (χ3v) is 4.42. The number of nitrogens with one attached hydrogen (secondary N) is 3. The van der Waals surface area contributed by atoms with E-state index >= 15 is 0 Å².